The van der Waals surface area contributed by atoms with Crippen molar-refractivity contribution in [3.05, 3.63) is 169 Å². The molecule has 0 N–H and O–H groups in total. The Balaban J connectivity index is 1.13. The van der Waals surface area contributed by atoms with Crippen LogP contribution in [0, 0.1) is 11.3 Å². The molecule has 9 rings (SSSR count). The zero-order valence-electron chi connectivity index (χ0n) is 27.2. The van der Waals surface area contributed by atoms with Crippen LogP contribution in [-0.2, 0) is 0 Å². The fourth-order valence-electron chi connectivity index (χ4n) is 6.49. The smallest absolute Gasteiger partial charge is 0.164 e. The molecule has 0 saturated carbocycles. The largest absolute Gasteiger partial charge is 0.456 e. The first-order valence-corrected chi connectivity index (χ1v) is 16.6. The molecule has 0 aliphatic rings. The Morgan fingerprint density at radius 3 is 1.71 bits per heavy atom. The van der Waals surface area contributed by atoms with E-state index in [0.29, 0.717) is 23.0 Å². The van der Waals surface area contributed by atoms with Crippen molar-refractivity contribution in [1.29, 1.82) is 5.26 Å². The van der Waals surface area contributed by atoms with Gasteiger partial charge in [-0.25, -0.2) is 15.0 Å². The number of benzene rings is 6. The summed E-state index contributed by atoms with van der Waals surface area (Å²) in [6.45, 7) is 0. The summed E-state index contributed by atoms with van der Waals surface area (Å²) in [5, 5.41) is 11.3. The van der Waals surface area contributed by atoms with Gasteiger partial charge in [0, 0.05) is 33.8 Å². The first-order chi connectivity index (χ1) is 25.2. The number of hydrogen-bond donors (Lipinski definition) is 0. The van der Waals surface area contributed by atoms with E-state index in [2.05, 4.69) is 60.7 Å². The van der Waals surface area contributed by atoms with Crippen LogP contribution in [0.2, 0.25) is 0 Å². The number of aromatic nitrogens is 4. The molecule has 6 nitrogen and oxygen atoms in total. The molecule has 0 aliphatic carbocycles. The second kappa shape index (κ2) is 12.7. The normalized spacial score (nSPS) is 11.1. The SMILES string of the molecule is N#Cc1cccc(-c2ccc(-c3nc(-c4ccccc4)nc(-c4ccc5c(c4)oc4ccnc(-c6cccc(-c7ccccc7)c6)c45)n3)cc2)c1. The van der Waals surface area contributed by atoms with Gasteiger partial charge in [0.05, 0.1) is 22.7 Å². The van der Waals surface area contributed by atoms with E-state index in [1.807, 2.05) is 97.1 Å². The lowest BCUT2D eigenvalue weighted by Gasteiger charge is -2.09. The van der Waals surface area contributed by atoms with Gasteiger partial charge in [0.25, 0.3) is 0 Å². The molecule has 0 fully saturated rings. The Kier molecular flexibility index (Phi) is 7.42. The molecule has 6 heteroatoms. The van der Waals surface area contributed by atoms with Crippen molar-refractivity contribution >= 4 is 21.9 Å². The van der Waals surface area contributed by atoms with Gasteiger partial charge in [0.15, 0.2) is 17.5 Å². The van der Waals surface area contributed by atoms with E-state index in [1.54, 1.807) is 12.3 Å². The second-order valence-corrected chi connectivity index (χ2v) is 12.2. The average molecular weight is 654 g/mol. The molecule has 238 valence electrons. The van der Waals surface area contributed by atoms with Crippen molar-refractivity contribution in [2.24, 2.45) is 0 Å². The average Bonchev–Trinajstić information content (AvgIpc) is 3.60. The van der Waals surface area contributed by atoms with Crippen LogP contribution >= 0.6 is 0 Å². The van der Waals surface area contributed by atoms with Crippen molar-refractivity contribution in [2.45, 2.75) is 0 Å². The van der Waals surface area contributed by atoms with Gasteiger partial charge in [-0.3, -0.25) is 4.98 Å². The van der Waals surface area contributed by atoms with Crippen LogP contribution in [0.25, 0.3) is 89.6 Å². The molecule has 3 aromatic heterocycles. The zero-order chi connectivity index (χ0) is 34.1. The summed E-state index contributed by atoms with van der Waals surface area (Å²) >= 11 is 0. The summed E-state index contributed by atoms with van der Waals surface area (Å²) in [6.07, 6.45) is 1.80. The van der Waals surface area contributed by atoms with E-state index in [9.17, 15) is 5.26 Å². The maximum Gasteiger partial charge on any atom is 0.164 e. The van der Waals surface area contributed by atoms with E-state index in [0.717, 1.165) is 72.1 Å². The Hall–Kier alpha value is -7.23. The Morgan fingerprint density at radius 2 is 0.980 bits per heavy atom. The van der Waals surface area contributed by atoms with E-state index in [4.69, 9.17) is 24.4 Å². The first-order valence-electron chi connectivity index (χ1n) is 16.6. The topological polar surface area (TPSA) is 88.5 Å². The summed E-state index contributed by atoms with van der Waals surface area (Å²) < 4.78 is 6.46. The predicted octanol–water partition coefficient (Wildman–Crippen LogP) is 11.0. The minimum atomic E-state index is 0.543. The third-order valence-electron chi connectivity index (χ3n) is 9.02. The van der Waals surface area contributed by atoms with Crippen LogP contribution in [0.1, 0.15) is 5.56 Å². The molecule has 0 bridgehead atoms. The van der Waals surface area contributed by atoms with Crippen molar-refractivity contribution in [1.82, 2.24) is 19.9 Å². The molecule has 0 amide bonds. The quantitative estimate of drug-likeness (QED) is 0.177. The zero-order valence-corrected chi connectivity index (χ0v) is 27.2. The molecule has 6 aromatic carbocycles. The molecule has 0 atom stereocenters. The highest BCUT2D eigenvalue weighted by molar-refractivity contribution is 6.12. The van der Waals surface area contributed by atoms with Gasteiger partial charge >= 0.3 is 0 Å². The van der Waals surface area contributed by atoms with Crippen molar-refractivity contribution in [2.75, 3.05) is 0 Å². The highest BCUT2D eigenvalue weighted by Crippen LogP contribution is 2.38. The van der Waals surface area contributed by atoms with Gasteiger partial charge in [-0.05, 0) is 58.7 Å². The number of pyridine rings is 1. The van der Waals surface area contributed by atoms with E-state index < -0.39 is 0 Å². The van der Waals surface area contributed by atoms with Gasteiger partial charge < -0.3 is 4.42 Å². The van der Waals surface area contributed by atoms with Crippen molar-refractivity contribution in [3.63, 3.8) is 0 Å². The second-order valence-electron chi connectivity index (χ2n) is 12.2. The first kappa shape index (κ1) is 29.9. The summed E-state index contributed by atoms with van der Waals surface area (Å²) in [7, 11) is 0. The Labute approximate surface area is 294 Å². The summed E-state index contributed by atoms with van der Waals surface area (Å²) in [6, 6.07) is 54.6. The van der Waals surface area contributed by atoms with Crippen LogP contribution in [0.3, 0.4) is 0 Å². The van der Waals surface area contributed by atoms with Gasteiger partial charge in [0.1, 0.15) is 11.2 Å². The van der Waals surface area contributed by atoms with Crippen LogP contribution in [0.4, 0.5) is 0 Å². The van der Waals surface area contributed by atoms with Crippen LogP contribution in [-0.4, -0.2) is 19.9 Å². The monoisotopic (exact) mass is 653 g/mol. The lowest BCUT2D eigenvalue weighted by molar-refractivity contribution is 0.668. The fraction of sp³-hybridized carbons (Fsp3) is 0. The van der Waals surface area contributed by atoms with Crippen LogP contribution < -0.4 is 0 Å². The third-order valence-corrected chi connectivity index (χ3v) is 9.02. The third kappa shape index (κ3) is 5.69. The lowest BCUT2D eigenvalue weighted by Crippen LogP contribution is -2.00. The van der Waals surface area contributed by atoms with E-state index in [1.165, 1.54) is 0 Å². The van der Waals surface area contributed by atoms with Gasteiger partial charge in [-0.1, -0.05) is 121 Å². The lowest BCUT2D eigenvalue weighted by atomic mass is 9.99. The molecule has 3 heterocycles. The van der Waals surface area contributed by atoms with Crippen LogP contribution in [0.15, 0.2) is 168 Å². The molecule has 0 unspecified atom stereocenters. The fourth-order valence-corrected chi connectivity index (χ4v) is 6.49. The Bertz CT molecular complexity index is 2750. The predicted molar refractivity (Wildman–Crippen MR) is 202 cm³/mol. The minimum absolute atomic E-state index is 0.543. The maximum atomic E-state index is 9.36. The van der Waals surface area contributed by atoms with Crippen molar-refractivity contribution < 1.29 is 4.42 Å². The molecule has 0 radical (unpaired) electrons. The van der Waals surface area contributed by atoms with E-state index in [-0.39, 0.29) is 0 Å². The van der Waals surface area contributed by atoms with Crippen LogP contribution in [0.5, 0.6) is 0 Å². The summed E-state index contributed by atoms with van der Waals surface area (Å²) in [5.41, 5.74) is 10.8. The van der Waals surface area contributed by atoms with E-state index >= 15 is 0 Å². The maximum absolute atomic E-state index is 9.36. The molecule has 9 aromatic rings. The number of rotatable bonds is 6. The number of hydrogen-bond acceptors (Lipinski definition) is 6. The summed E-state index contributed by atoms with van der Waals surface area (Å²) in [5.74, 6) is 1.68. The Morgan fingerprint density at radius 1 is 0.431 bits per heavy atom. The summed E-state index contributed by atoms with van der Waals surface area (Å²) in [4.78, 5) is 19.7. The number of fused-ring (bicyclic) bond motifs is 3. The van der Waals surface area contributed by atoms with Gasteiger partial charge in [0.2, 0.25) is 0 Å². The number of furan rings is 1. The molecular weight excluding hydrogens is 627 g/mol. The molecule has 0 spiro atoms. The van der Waals surface area contributed by atoms with Gasteiger partial charge in [-0.15, -0.1) is 0 Å². The highest BCUT2D eigenvalue weighted by atomic mass is 16.3. The number of nitrogens with zero attached hydrogens (tertiary/aromatic N) is 5. The van der Waals surface area contributed by atoms with Gasteiger partial charge in [-0.2, -0.15) is 5.26 Å². The molecule has 0 saturated heterocycles. The molecule has 0 aliphatic heterocycles. The van der Waals surface area contributed by atoms with Crippen molar-refractivity contribution in [3.8, 4) is 73.7 Å². The minimum Gasteiger partial charge on any atom is -0.456 e. The molecular formula is C45H27N5O. The number of nitriles is 1. The standard InChI is InChI=1S/C45H27N5O/c46-28-29-9-7-14-34(25-29)31-17-19-33(20-18-31)44-48-43(32-12-5-2-6-13-32)49-45(50-44)37-21-22-38-40(27-37)51-39-23-24-47-42(41(38)39)36-16-8-15-35(26-36)30-10-3-1-4-11-30/h1-27H. The molecule has 51 heavy (non-hydrogen) atoms. The highest BCUT2D eigenvalue weighted by Gasteiger charge is 2.18.